The number of rotatable bonds is 3. The fourth-order valence-electron chi connectivity index (χ4n) is 2.09. The first-order valence-corrected chi connectivity index (χ1v) is 7.34. The zero-order valence-corrected chi connectivity index (χ0v) is 13.0. The molecule has 1 aromatic carbocycles. The molecule has 2 rings (SSSR count). The summed E-state index contributed by atoms with van der Waals surface area (Å²) in [5.74, 6) is -0.265. The Morgan fingerprint density at radius 3 is 2.89 bits per heavy atom. The minimum atomic E-state index is -0.265. The zero-order valence-electron chi connectivity index (χ0n) is 9.83. The Labute approximate surface area is 123 Å². The average molecular weight is 377 g/mol. The van der Waals surface area contributed by atoms with Gasteiger partial charge in [0, 0.05) is 35.1 Å². The molecule has 0 aliphatic carbocycles. The first kappa shape index (κ1) is 14.0. The van der Waals surface area contributed by atoms with E-state index >= 15 is 0 Å². The van der Waals surface area contributed by atoms with E-state index in [1.807, 2.05) is 6.07 Å². The van der Waals surface area contributed by atoms with Crippen LogP contribution in [0.15, 0.2) is 27.1 Å². The first-order chi connectivity index (χ1) is 8.58. The summed E-state index contributed by atoms with van der Waals surface area (Å²) in [4.78, 5) is 13.5. The van der Waals surface area contributed by atoms with Gasteiger partial charge in [-0.05, 0) is 49.6 Å². The number of piperazine rings is 1. The zero-order chi connectivity index (χ0) is 13.1. The highest BCUT2D eigenvalue weighted by Gasteiger charge is 2.26. The van der Waals surface area contributed by atoms with Crippen molar-refractivity contribution in [1.29, 1.82) is 0 Å². The molecule has 0 spiro atoms. The van der Waals surface area contributed by atoms with Crippen LogP contribution in [0.1, 0.15) is 5.56 Å². The number of benzene rings is 1. The van der Waals surface area contributed by atoms with Crippen LogP contribution in [-0.2, 0) is 11.3 Å². The van der Waals surface area contributed by atoms with Crippen LogP contribution in [0.25, 0.3) is 0 Å². The highest BCUT2D eigenvalue weighted by atomic mass is 79.9. The molecule has 1 fully saturated rings. The number of halogens is 2. The van der Waals surface area contributed by atoms with E-state index in [2.05, 4.69) is 54.2 Å². The molecule has 0 radical (unpaired) electrons. The minimum absolute atomic E-state index is 0.221. The lowest BCUT2D eigenvalue weighted by Crippen LogP contribution is -2.56. The molecule has 4 nitrogen and oxygen atoms in total. The van der Waals surface area contributed by atoms with Gasteiger partial charge in [-0.2, -0.15) is 0 Å². The number of nitrogens with one attached hydrogen (secondary N) is 1. The second-order valence-corrected chi connectivity index (χ2v) is 6.05. The molecule has 0 saturated carbocycles. The smallest absolute Gasteiger partial charge is 0.236 e. The fraction of sp³-hybridized carbons (Fsp3) is 0.417. The normalized spacial score (nSPS) is 20.9. The molecule has 1 saturated heterocycles. The van der Waals surface area contributed by atoms with Crippen LogP contribution in [-0.4, -0.2) is 36.5 Å². The van der Waals surface area contributed by atoms with Crippen molar-refractivity contribution in [1.82, 2.24) is 10.2 Å². The van der Waals surface area contributed by atoms with Crippen molar-refractivity contribution in [2.45, 2.75) is 12.6 Å². The van der Waals surface area contributed by atoms with Gasteiger partial charge in [-0.3, -0.25) is 9.69 Å². The Morgan fingerprint density at radius 1 is 1.44 bits per heavy atom. The van der Waals surface area contributed by atoms with E-state index in [1.54, 1.807) is 0 Å². The number of hydrogen-bond donors (Lipinski definition) is 2. The Kier molecular flexibility index (Phi) is 4.77. The number of amides is 1. The van der Waals surface area contributed by atoms with Gasteiger partial charge < -0.3 is 11.1 Å². The summed E-state index contributed by atoms with van der Waals surface area (Å²) >= 11 is 6.93. The van der Waals surface area contributed by atoms with Crippen molar-refractivity contribution in [2.75, 3.05) is 19.6 Å². The SMILES string of the molecule is NC(=O)C1CNCCN1Cc1ccc(Br)c(Br)c1. The Balaban J connectivity index is 2.10. The van der Waals surface area contributed by atoms with E-state index in [0.29, 0.717) is 6.54 Å². The number of primary amides is 1. The van der Waals surface area contributed by atoms with Gasteiger partial charge in [-0.25, -0.2) is 0 Å². The minimum Gasteiger partial charge on any atom is -0.368 e. The topological polar surface area (TPSA) is 58.4 Å². The molecule has 6 heteroatoms. The van der Waals surface area contributed by atoms with Gasteiger partial charge in [-0.1, -0.05) is 6.07 Å². The van der Waals surface area contributed by atoms with Crippen LogP contribution in [0.2, 0.25) is 0 Å². The number of hydrogen-bond acceptors (Lipinski definition) is 3. The molecule has 1 heterocycles. The van der Waals surface area contributed by atoms with Crippen LogP contribution < -0.4 is 11.1 Å². The van der Waals surface area contributed by atoms with Crippen LogP contribution in [0.4, 0.5) is 0 Å². The highest BCUT2D eigenvalue weighted by molar-refractivity contribution is 9.13. The summed E-state index contributed by atoms with van der Waals surface area (Å²) in [6.45, 7) is 3.09. The summed E-state index contributed by atoms with van der Waals surface area (Å²) in [5, 5.41) is 3.19. The lowest BCUT2D eigenvalue weighted by Gasteiger charge is -2.34. The van der Waals surface area contributed by atoms with E-state index in [0.717, 1.165) is 28.6 Å². The van der Waals surface area contributed by atoms with Gasteiger partial charge in [0.2, 0.25) is 5.91 Å². The molecule has 1 atom stereocenters. The van der Waals surface area contributed by atoms with Crippen LogP contribution >= 0.6 is 31.9 Å². The van der Waals surface area contributed by atoms with Crippen molar-refractivity contribution in [3.05, 3.63) is 32.7 Å². The predicted octanol–water partition coefficient (Wildman–Crippen LogP) is 1.47. The summed E-state index contributed by atoms with van der Waals surface area (Å²) in [6, 6.07) is 5.89. The molecular weight excluding hydrogens is 362 g/mol. The van der Waals surface area contributed by atoms with Crippen LogP contribution in [0.5, 0.6) is 0 Å². The molecule has 3 N–H and O–H groups in total. The van der Waals surface area contributed by atoms with Gasteiger partial charge in [0.1, 0.15) is 6.04 Å². The largest absolute Gasteiger partial charge is 0.368 e. The molecule has 1 aromatic rings. The molecule has 18 heavy (non-hydrogen) atoms. The molecule has 1 aliphatic rings. The Hall–Kier alpha value is -0.430. The maximum Gasteiger partial charge on any atom is 0.236 e. The summed E-state index contributed by atoms with van der Waals surface area (Å²) in [5.41, 5.74) is 6.59. The highest BCUT2D eigenvalue weighted by Crippen LogP contribution is 2.24. The van der Waals surface area contributed by atoms with Crippen LogP contribution in [0, 0.1) is 0 Å². The number of carbonyl (C=O) groups excluding carboxylic acids is 1. The molecule has 1 aliphatic heterocycles. The molecule has 0 bridgehead atoms. The average Bonchev–Trinajstić information content (AvgIpc) is 2.34. The third kappa shape index (κ3) is 3.32. The first-order valence-electron chi connectivity index (χ1n) is 5.76. The quantitative estimate of drug-likeness (QED) is 0.839. The standard InChI is InChI=1S/C12H15Br2N3O/c13-9-2-1-8(5-10(9)14)7-17-4-3-16-6-11(17)12(15)18/h1-2,5,11,16H,3-4,6-7H2,(H2,15,18). The van der Waals surface area contributed by atoms with Crippen molar-refractivity contribution in [2.24, 2.45) is 5.73 Å². The maximum absolute atomic E-state index is 11.4. The van der Waals surface area contributed by atoms with E-state index in [9.17, 15) is 4.79 Å². The molecule has 98 valence electrons. The summed E-state index contributed by atoms with van der Waals surface area (Å²) in [6.07, 6.45) is 0. The number of nitrogens with two attached hydrogens (primary N) is 1. The maximum atomic E-state index is 11.4. The second-order valence-electron chi connectivity index (χ2n) is 4.34. The van der Waals surface area contributed by atoms with Crippen molar-refractivity contribution in [3.63, 3.8) is 0 Å². The van der Waals surface area contributed by atoms with Crippen molar-refractivity contribution < 1.29 is 4.79 Å². The second kappa shape index (κ2) is 6.14. The third-order valence-electron chi connectivity index (χ3n) is 3.05. The van der Waals surface area contributed by atoms with E-state index in [4.69, 9.17) is 5.73 Å². The summed E-state index contributed by atoms with van der Waals surface area (Å²) in [7, 11) is 0. The van der Waals surface area contributed by atoms with Crippen molar-refractivity contribution >= 4 is 37.8 Å². The van der Waals surface area contributed by atoms with E-state index in [1.165, 1.54) is 5.56 Å². The molecule has 1 unspecified atom stereocenters. The number of carbonyl (C=O) groups is 1. The Bertz CT molecular complexity index is 453. The van der Waals surface area contributed by atoms with Gasteiger partial charge >= 0.3 is 0 Å². The Morgan fingerprint density at radius 2 is 2.22 bits per heavy atom. The van der Waals surface area contributed by atoms with Crippen molar-refractivity contribution in [3.8, 4) is 0 Å². The molecular formula is C12H15Br2N3O. The predicted molar refractivity (Wildman–Crippen MR) is 78.1 cm³/mol. The monoisotopic (exact) mass is 375 g/mol. The van der Waals surface area contributed by atoms with Gasteiger partial charge in [0.15, 0.2) is 0 Å². The number of nitrogens with zero attached hydrogens (tertiary/aromatic N) is 1. The van der Waals surface area contributed by atoms with Crippen LogP contribution in [0.3, 0.4) is 0 Å². The van der Waals surface area contributed by atoms with E-state index in [-0.39, 0.29) is 11.9 Å². The van der Waals surface area contributed by atoms with Gasteiger partial charge in [-0.15, -0.1) is 0 Å². The fourth-order valence-corrected chi connectivity index (χ4v) is 2.76. The van der Waals surface area contributed by atoms with Gasteiger partial charge in [0.25, 0.3) is 0 Å². The third-order valence-corrected chi connectivity index (χ3v) is 4.93. The molecule has 1 amide bonds. The lowest BCUT2D eigenvalue weighted by molar-refractivity contribution is -0.124. The molecule has 0 aromatic heterocycles. The van der Waals surface area contributed by atoms with E-state index < -0.39 is 0 Å². The summed E-state index contributed by atoms with van der Waals surface area (Å²) < 4.78 is 2.05. The lowest BCUT2D eigenvalue weighted by atomic mass is 10.1. The van der Waals surface area contributed by atoms with Gasteiger partial charge in [0.05, 0.1) is 0 Å².